The van der Waals surface area contributed by atoms with Gasteiger partial charge in [-0.05, 0) is 34.4 Å². The minimum atomic E-state index is -0.111. The van der Waals surface area contributed by atoms with Gasteiger partial charge >= 0.3 is 0 Å². The second-order valence-corrected chi connectivity index (χ2v) is 7.03. The van der Waals surface area contributed by atoms with Crippen LogP contribution in [0, 0.1) is 0 Å². The summed E-state index contributed by atoms with van der Waals surface area (Å²) < 4.78 is 0. The number of aliphatic hydroxyl groups excluding tert-OH is 1. The van der Waals surface area contributed by atoms with E-state index in [-0.39, 0.29) is 23.5 Å². The molecule has 1 atom stereocenters. The van der Waals surface area contributed by atoms with Crippen molar-refractivity contribution >= 4 is 28.5 Å². The zero-order valence-corrected chi connectivity index (χ0v) is 14.2. The van der Waals surface area contributed by atoms with Gasteiger partial charge in [-0.3, -0.25) is 9.59 Å². The monoisotopic (exact) mass is 341 g/mol. The molecule has 3 rings (SSSR count). The summed E-state index contributed by atoms with van der Waals surface area (Å²) in [5.41, 5.74) is 5.13. The predicted octanol–water partition coefficient (Wildman–Crippen LogP) is 3.40. The Balaban J connectivity index is 1.76. The highest BCUT2D eigenvalue weighted by molar-refractivity contribution is 8.13. The van der Waals surface area contributed by atoms with Gasteiger partial charge in [0.15, 0.2) is 5.12 Å². The van der Waals surface area contributed by atoms with Crippen LogP contribution < -0.4 is 5.32 Å². The third kappa shape index (κ3) is 3.37. The number of anilines is 1. The Hall–Kier alpha value is -2.11. The second kappa shape index (κ2) is 7.20. The van der Waals surface area contributed by atoms with Crippen molar-refractivity contribution in [3.05, 3.63) is 53.6 Å². The Morgan fingerprint density at radius 3 is 2.62 bits per heavy atom. The zero-order valence-electron chi connectivity index (χ0n) is 13.4. The number of aliphatic hydroxyl groups is 1. The van der Waals surface area contributed by atoms with Crippen LogP contribution in [-0.2, 0) is 9.59 Å². The minimum Gasteiger partial charge on any atom is -0.395 e. The molecule has 2 N–H and O–H groups in total. The van der Waals surface area contributed by atoms with E-state index < -0.39 is 0 Å². The van der Waals surface area contributed by atoms with E-state index in [0.717, 1.165) is 39.7 Å². The molecule has 1 amide bonds. The highest BCUT2D eigenvalue weighted by Gasteiger charge is 2.28. The smallest absolute Gasteiger partial charge is 0.225 e. The maximum Gasteiger partial charge on any atom is 0.225 e. The van der Waals surface area contributed by atoms with Gasteiger partial charge in [-0.2, -0.15) is 0 Å². The van der Waals surface area contributed by atoms with Crippen LogP contribution in [0.5, 0.6) is 0 Å². The molecular formula is C19H19NO3S. The molecule has 24 heavy (non-hydrogen) atoms. The zero-order chi connectivity index (χ0) is 17.1. The van der Waals surface area contributed by atoms with E-state index in [0.29, 0.717) is 12.2 Å². The average molecular weight is 341 g/mol. The first-order chi connectivity index (χ1) is 11.6. The van der Waals surface area contributed by atoms with E-state index in [2.05, 4.69) is 11.4 Å². The summed E-state index contributed by atoms with van der Waals surface area (Å²) in [4.78, 5) is 22.9. The molecule has 4 nitrogen and oxygen atoms in total. The molecule has 1 aliphatic rings. The fraction of sp³-hybridized carbons (Fsp3) is 0.263. The molecule has 0 saturated heterocycles. The van der Waals surface area contributed by atoms with E-state index in [1.165, 1.54) is 6.92 Å². The summed E-state index contributed by atoms with van der Waals surface area (Å²) in [6.45, 7) is 1.53. The SMILES string of the molecule is CC(=O)SCCC(=O)Nc1ccc2c(c1)C(CO)c1ccccc1-2. The number of hydrogen-bond donors (Lipinski definition) is 2. The van der Waals surface area contributed by atoms with Crippen LogP contribution in [0.3, 0.4) is 0 Å². The molecule has 0 heterocycles. The molecule has 0 aromatic heterocycles. The van der Waals surface area contributed by atoms with Gasteiger partial charge in [0.1, 0.15) is 0 Å². The van der Waals surface area contributed by atoms with E-state index in [1.54, 1.807) is 0 Å². The summed E-state index contributed by atoms with van der Waals surface area (Å²) in [7, 11) is 0. The quantitative estimate of drug-likeness (QED) is 0.875. The van der Waals surface area contributed by atoms with Crippen LogP contribution in [0.25, 0.3) is 11.1 Å². The highest BCUT2D eigenvalue weighted by atomic mass is 32.2. The number of thioether (sulfide) groups is 1. The molecule has 0 spiro atoms. The number of hydrogen-bond acceptors (Lipinski definition) is 4. The van der Waals surface area contributed by atoms with E-state index in [9.17, 15) is 14.7 Å². The maximum absolute atomic E-state index is 12.0. The van der Waals surface area contributed by atoms with Crippen molar-refractivity contribution in [3.8, 4) is 11.1 Å². The van der Waals surface area contributed by atoms with Crippen molar-refractivity contribution in [2.45, 2.75) is 19.3 Å². The number of amides is 1. The van der Waals surface area contributed by atoms with Crippen LogP contribution in [0.4, 0.5) is 5.69 Å². The lowest BCUT2D eigenvalue weighted by molar-refractivity contribution is -0.115. The largest absolute Gasteiger partial charge is 0.395 e. The molecule has 5 heteroatoms. The molecule has 124 valence electrons. The van der Waals surface area contributed by atoms with Gasteiger partial charge in [-0.1, -0.05) is 42.1 Å². The van der Waals surface area contributed by atoms with Gasteiger partial charge in [0.05, 0.1) is 6.61 Å². The van der Waals surface area contributed by atoms with Crippen LogP contribution in [-0.4, -0.2) is 28.5 Å². The molecule has 1 unspecified atom stereocenters. The molecule has 0 bridgehead atoms. The Labute approximate surface area is 145 Å². The van der Waals surface area contributed by atoms with Gasteiger partial charge in [0, 0.05) is 30.7 Å². The van der Waals surface area contributed by atoms with Gasteiger partial charge in [-0.25, -0.2) is 0 Å². The Morgan fingerprint density at radius 1 is 1.12 bits per heavy atom. The molecule has 0 saturated carbocycles. The number of fused-ring (bicyclic) bond motifs is 3. The number of carbonyl (C=O) groups is 2. The average Bonchev–Trinajstić information content (AvgIpc) is 2.87. The fourth-order valence-electron chi connectivity index (χ4n) is 3.10. The third-order valence-corrected chi connectivity index (χ3v) is 4.97. The summed E-state index contributed by atoms with van der Waals surface area (Å²) in [5.74, 6) is 0.317. The lowest BCUT2D eigenvalue weighted by atomic mass is 9.98. The number of benzene rings is 2. The van der Waals surface area contributed by atoms with Crippen LogP contribution >= 0.6 is 11.8 Å². The summed E-state index contributed by atoms with van der Waals surface area (Å²) in [5, 5.41) is 12.7. The predicted molar refractivity (Wildman–Crippen MR) is 97.2 cm³/mol. The lowest BCUT2D eigenvalue weighted by Gasteiger charge is -2.12. The molecule has 2 aromatic carbocycles. The van der Waals surface area contributed by atoms with Crippen molar-refractivity contribution in [3.63, 3.8) is 0 Å². The minimum absolute atomic E-state index is 0.0175. The van der Waals surface area contributed by atoms with Gasteiger partial charge in [0.2, 0.25) is 5.91 Å². The standard InChI is InChI=1S/C19H19NO3S/c1-12(22)24-9-8-19(23)20-13-6-7-16-14-4-2-3-5-15(14)18(11-21)17(16)10-13/h2-7,10,18,21H,8-9,11H2,1H3,(H,20,23). The first-order valence-corrected chi connectivity index (χ1v) is 8.86. The Morgan fingerprint density at radius 2 is 1.88 bits per heavy atom. The Kier molecular flexibility index (Phi) is 5.02. The van der Waals surface area contributed by atoms with E-state index in [1.807, 2.05) is 36.4 Å². The Bertz CT molecular complexity index is 788. The van der Waals surface area contributed by atoms with Crippen LogP contribution in [0.2, 0.25) is 0 Å². The second-order valence-electron chi connectivity index (χ2n) is 5.76. The molecular weight excluding hydrogens is 322 g/mol. The van der Waals surface area contributed by atoms with Crippen molar-refractivity contribution in [1.29, 1.82) is 0 Å². The van der Waals surface area contributed by atoms with Crippen molar-refractivity contribution in [2.75, 3.05) is 17.7 Å². The topological polar surface area (TPSA) is 66.4 Å². The van der Waals surface area contributed by atoms with Crippen molar-refractivity contribution < 1.29 is 14.7 Å². The molecule has 0 radical (unpaired) electrons. The molecule has 0 fully saturated rings. The number of carbonyl (C=O) groups excluding carboxylic acids is 2. The number of nitrogens with one attached hydrogen (secondary N) is 1. The third-order valence-electron chi connectivity index (χ3n) is 4.15. The van der Waals surface area contributed by atoms with E-state index in [4.69, 9.17) is 0 Å². The molecule has 0 aliphatic heterocycles. The van der Waals surface area contributed by atoms with Gasteiger partial charge < -0.3 is 10.4 Å². The summed E-state index contributed by atoms with van der Waals surface area (Å²) >= 11 is 1.15. The summed E-state index contributed by atoms with van der Waals surface area (Å²) in [6, 6.07) is 13.9. The maximum atomic E-state index is 12.0. The van der Waals surface area contributed by atoms with E-state index >= 15 is 0 Å². The highest BCUT2D eigenvalue weighted by Crippen LogP contribution is 2.45. The van der Waals surface area contributed by atoms with Crippen LogP contribution in [0.1, 0.15) is 30.4 Å². The normalized spacial score (nSPS) is 14.8. The first-order valence-electron chi connectivity index (χ1n) is 7.87. The summed E-state index contributed by atoms with van der Waals surface area (Å²) in [6.07, 6.45) is 0.297. The lowest BCUT2D eigenvalue weighted by Crippen LogP contribution is -2.13. The molecule has 1 aliphatic carbocycles. The van der Waals surface area contributed by atoms with Gasteiger partial charge in [0.25, 0.3) is 0 Å². The number of rotatable bonds is 5. The van der Waals surface area contributed by atoms with Crippen molar-refractivity contribution in [1.82, 2.24) is 0 Å². The van der Waals surface area contributed by atoms with Crippen molar-refractivity contribution in [2.24, 2.45) is 0 Å². The van der Waals surface area contributed by atoms with Crippen LogP contribution in [0.15, 0.2) is 42.5 Å². The molecule has 2 aromatic rings. The van der Waals surface area contributed by atoms with Gasteiger partial charge in [-0.15, -0.1) is 0 Å². The fourth-order valence-corrected chi connectivity index (χ4v) is 3.67. The first kappa shape index (κ1) is 16.7.